The van der Waals surface area contributed by atoms with Crippen molar-refractivity contribution in [3.05, 3.63) is 39.4 Å². The van der Waals surface area contributed by atoms with Crippen LogP contribution < -0.4 is 4.74 Å². The largest absolute Gasteiger partial charge is 0.461 e. The van der Waals surface area contributed by atoms with E-state index in [0.717, 1.165) is 0 Å². The van der Waals surface area contributed by atoms with Crippen LogP contribution in [0.15, 0.2) is 23.8 Å². The summed E-state index contributed by atoms with van der Waals surface area (Å²) in [6.45, 7) is 1.89. The topological polar surface area (TPSA) is 72.6 Å². The predicted octanol–water partition coefficient (Wildman–Crippen LogP) is 2.10. The molecule has 1 heterocycles. The molecular formula is C11H11NO4. The van der Waals surface area contributed by atoms with Gasteiger partial charge in [-0.3, -0.25) is 10.1 Å². The molecule has 0 amide bonds. The van der Waals surface area contributed by atoms with Crippen LogP contribution in [0.2, 0.25) is 0 Å². The molecule has 0 spiro atoms. The van der Waals surface area contributed by atoms with Crippen molar-refractivity contribution < 1.29 is 14.8 Å². The van der Waals surface area contributed by atoms with Gasteiger partial charge in [0.15, 0.2) is 0 Å². The number of nitro groups is 1. The van der Waals surface area contributed by atoms with Crippen LogP contribution in [0.4, 0.5) is 5.69 Å². The van der Waals surface area contributed by atoms with Crippen molar-refractivity contribution in [2.75, 3.05) is 0 Å². The first-order chi connectivity index (χ1) is 7.61. The lowest BCUT2D eigenvalue weighted by atomic mass is 10.0. The number of aliphatic hydroxyl groups is 1. The number of hydrogen-bond donors (Lipinski definition) is 1. The Bertz CT molecular complexity index is 467. The van der Waals surface area contributed by atoms with E-state index in [1.165, 1.54) is 18.2 Å². The molecule has 0 unspecified atom stereocenters. The highest BCUT2D eigenvalue weighted by Gasteiger charge is 2.20. The molecule has 1 aromatic rings. The fraction of sp³-hybridized carbons (Fsp3) is 0.273. The standard InChI is InChI=1S/C11H11NO4/c1-2-7-5-8-6-9(12(14)15)3-4-10(8)16-11(7)13/h3-6,11,13H,2H2,1H3/t11-/m1/s1. The molecule has 5 heteroatoms. The molecule has 0 radical (unpaired) electrons. The van der Waals surface area contributed by atoms with Crippen LogP contribution in [0.25, 0.3) is 6.08 Å². The van der Waals surface area contributed by atoms with Gasteiger partial charge in [-0.15, -0.1) is 0 Å². The minimum Gasteiger partial charge on any atom is -0.461 e. The molecule has 0 saturated heterocycles. The third kappa shape index (κ3) is 1.77. The summed E-state index contributed by atoms with van der Waals surface area (Å²) in [5.41, 5.74) is 1.37. The number of nitro benzene ring substituents is 1. The maximum absolute atomic E-state index is 10.6. The molecular weight excluding hydrogens is 210 g/mol. The fourth-order valence-electron chi connectivity index (χ4n) is 1.61. The van der Waals surface area contributed by atoms with Gasteiger partial charge in [0.05, 0.1) is 4.92 Å². The summed E-state index contributed by atoms with van der Waals surface area (Å²) < 4.78 is 5.23. The summed E-state index contributed by atoms with van der Waals surface area (Å²) in [7, 11) is 0. The molecule has 1 aromatic carbocycles. The summed E-state index contributed by atoms with van der Waals surface area (Å²) in [5.74, 6) is 0.468. The van der Waals surface area contributed by atoms with Crippen molar-refractivity contribution in [1.82, 2.24) is 0 Å². The molecule has 5 nitrogen and oxygen atoms in total. The second kappa shape index (κ2) is 3.94. The van der Waals surface area contributed by atoms with Gasteiger partial charge in [-0.05, 0) is 24.1 Å². The van der Waals surface area contributed by atoms with Crippen LogP contribution in [0.3, 0.4) is 0 Å². The summed E-state index contributed by atoms with van der Waals surface area (Å²) >= 11 is 0. The van der Waals surface area contributed by atoms with Crippen molar-refractivity contribution in [2.45, 2.75) is 19.6 Å². The Labute approximate surface area is 92.1 Å². The molecule has 1 N–H and O–H groups in total. The van der Waals surface area contributed by atoms with E-state index in [4.69, 9.17) is 4.74 Å². The van der Waals surface area contributed by atoms with E-state index in [1.807, 2.05) is 6.92 Å². The zero-order valence-electron chi connectivity index (χ0n) is 8.71. The lowest BCUT2D eigenvalue weighted by molar-refractivity contribution is -0.384. The average Bonchev–Trinajstić information content (AvgIpc) is 2.27. The van der Waals surface area contributed by atoms with Gasteiger partial charge in [0.25, 0.3) is 5.69 Å². The molecule has 2 rings (SSSR count). The number of hydrogen-bond acceptors (Lipinski definition) is 4. The molecule has 0 fully saturated rings. The molecule has 0 aromatic heterocycles. The van der Waals surface area contributed by atoms with Crippen LogP contribution in [0.5, 0.6) is 5.75 Å². The van der Waals surface area contributed by atoms with E-state index >= 15 is 0 Å². The third-order valence-electron chi connectivity index (χ3n) is 2.51. The molecule has 0 bridgehead atoms. The van der Waals surface area contributed by atoms with Crippen molar-refractivity contribution in [1.29, 1.82) is 0 Å². The van der Waals surface area contributed by atoms with Gasteiger partial charge < -0.3 is 9.84 Å². The number of ether oxygens (including phenoxy) is 1. The number of rotatable bonds is 2. The second-order valence-corrected chi connectivity index (χ2v) is 3.52. The molecule has 1 aliphatic rings. The monoisotopic (exact) mass is 221 g/mol. The van der Waals surface area contributed by atoms with Gasteiger partial charge in [0.2, 0.25) is 6.29 Å². The Kier molecular flexibility index (Phi) is 2.62. The maximum atomic E-state index is 10.6. The quantitative estimate of drug-likeness (QED) is 0.613. The van der Waals surface area contributed by atoms with Gasteiger partial charge in [-0.1, -0.05) is 6.92 Å². The van der Waals surface area contributed by atoms with Crippen molar-refractivity contribution >= 4 is 11.8 Å². The van der Waals surface area contributed by atoms with Gasteiger partial charge in [-0.25, -0.2) is 0 Å². The second-order valence-electron chi connectivity index (χ2n) is 3.52. The number of fused-ring (bicyclic) bond motifs is 1. The van der Waals surface area contributed by atoms with Crippen molar-refractivity contribution in [3.8, 4) is 5.75 Å². The maximum Gasteiger partial charge on any atom is 0.270 e. The normalized spacial score (nSPS) is 18.4. The zero-order valence-corrected chi connectivity index (χ0v) is 8.71. The lowest BCUT2D eigenvalue weighted by Gasteiger charge is -2.22. The summed E-state index contributed by atoms with van der Waals surface area (Å²) in [6.07, 6.45) is 1.43. The van der Waals surface area contributed by atoms with Crippen molar-refractivity contribution in [3.63, 3.8) is 0 Å². The number of nitrogens with zero attached hydrogens (tertiary/aromatic N) is 1. The summed E-state index contributed by atoms with van der Waals surface area (Å²) in [6, 6.07) is 4.30. The summed E-state index contributed by atoms with van der Waals surface area (Å²) in [4.78, 5) is 10.1. The van der Waals surface area contributed by atoms with Crippen LogP contribution >= 0.6 is 0 Å². The highest BCUT2D eigenvalue weighted by molar-refractivity contribution is 5.65. The predicted molar refractivity (Wildman–Crippen MR) is 58.0 cm³/mol. The Balaban J connectivity index is 2.46. The first kappa shape index (κ1) is 10.6. The number of non-ortho nitro benzene ring substituents is 1. The lowest BCUT2D eigenvalue weighted by Crippen LogP contribution is -2.21. The highest BCUT2D eigenvalue weighted by Crippen LogP contribution is 2.32. The minimum atomic E-state index is -0.945. The van der Waals surface area contributed by atoms with Gasteiger partial charge in [-0.2, -0.15) is 0 Å². The molecule has 16 heavy (non-hydrogen) atoms. The Morgan fingerprint density at radius 2 is 2.31 bits per heavy atom. The van der Waals surface area contributed by atoms with E-state index in [2.05, 4.69) is 0 Å². The average molecular weight is 221 g/mol. The van der Waals surface area contributed by atoms with E-state index < -0.39 is 11.2 Å². The highest BCUT2D eigenvalue weighted by atomic mass is 16.6. The van der Waals surface area contributed by atoms with Crippen LogP contribution in [0.1, 0.15) is 18.9 Å². The smallest absolute Gasteiger partial charge is 0.270 e. The number of benzene rings is 1. The van der Waals surface area contributed by atoms with Crippen LogP contribution in [-0.4, -0.2) is 16.3 Å². The SMILES string of the molecule is CCC1=Cc2cc([N+](=O)[O-])ccc2O[C@H]1O. The summed E-state index contributed by atoms with van der Waals surface area (Å²) in [5, 5.41) is 20.2. The first-order valence-electron chi connectivity index (χ1n) is 4.95. The van der Waals surface area contributed by atoms with Gasteiger partial charge >= 0.3 is 0 Å². The fourth-order valence-corrected chi connectivity index (χ4v) is 1.61. The van der Waals surface area contributed by atoms with E-state index in [1.54, 1.807) is 6.08 Å². The Hall–Kier alpha value is -1.88. The van der Waals surface area contributed by atoms with Gasteiger partial charge in [0, 0.05) is 17.7 Å². The molecule has 0 aliphatic carbocycles. The Morgan fingerprint density at radius 1 is 1.56 bits per heavy atom. The van der Waals surface area contributed by atoms with Crippen LogP contribution in [-0.2, 0) is 0 Å². The van der Waals surface area contributed by atoms with E-state index in [9.17, 15) is 15.2 Å². The molecule has 1 atom stereocenters. The molecule has 0 saturated carbocycles. The van der Waals surface area contributed by atoms with Gasteiger partial charge in [0.1, 0.15) is 5.75 Å². The third-order valence-corrected chi connectivity index (χ3v) is 2.51. The minimum absolute atomic E-state index is 0.0189. The molecule has 84 valence electrons. The van der Waals surface area contributed by atoms with E-state index in [-0.39, 0.29) is 5.69 Å². The zero-order chi connectivity index (χ0) is 11.7. The van der Waals surface area contributed by atoms with E-state index in [0.29, 0.717) is 23.3 Å². The van der Waals surface area contributed by atoms with Crippen LogP contribution in [0, 0.1) is 10.1 Å². The van der Waals surface area contributed by atoms with Crippen molar-refractivity contribution in [2.24, 2.45) is 0 Å². The number of aliphatic hydroxyl groups excluding tert-OH is 1. The first-order valence-corrected chi connectivity index (χ1v) is 4.95. The Morgan fingerprint density at radius 3 is 2.94 bits per heavy atom. The molecule has 1 aliphatic heterocycles.